The highest BCUT2D eigenvalue weighted by Gasteiger charge is 2.11. The molecule has 0 radical (unpaired) electrons. The summed E-state index contributed by atoms with van der Waals surface area (Å²) in [4.78, 5) is 16.2. The van der Waals surface area contributed by atoms with Gasteiger partial charge in [0.15, 0.2) is 5.76 Å². The third-order valence-corrected chi connectivity index (χ3v) is 4.43. The fourth-order valence-electron chi connectivity index (χ4n) is 2.96. The summed E-state index contributed by atoms with van der Waals surface area (Å²) in [5.74, 6) is 1.44. The van der Waals surface area contributed by atoms with Crippen molar-refractivity contribution in [1.29, 1.82) is 0 Å². The van der Waals surface area contributed by atoms with Crippen LogP contribution in [0.25, 0.3) is 10.8 Å². The van der Waals surface area contributed by atoms with Crippen LogP contribution in [0, 0.1) is 0 Å². The van der Waals surface area contributed by atoms with E-state index in [4.69, 9.17) is 9.15 Å². The Labute approximate surface area is 162 Å². The van der Waals surface area contributed by atoms with Crippen molar-refractivity contribution in [2.45, 2.75) is 19.6 Å². The minimum atomic E-state index is -0.220. The predicted molar refractivity (Wildman–Crippen MR) is 106 cm³/mol. The van der Waals surface area contributed by atoms with Crippen molar-refractivity contribution >= 4 is 16.7 Å². The third kappa shape index (κ3) is 4.40. The molecule has 0 unspecified atom stereocenters. The number of amides is 1. The first kappa shape index (κ1) is 17.9. The van der Waals surface area contributed by atoms with Crippen LogP contribution in [-0.4, -0.2) is 22.0 Å². The van der Waals surface area contributed by atoms with Crippen LogP contribution in [-0.2, 0) is 13.2 Å². The standard InChI is InChI=1S/C22H21N3O3/c26-22(24-10-3-12-25-13-11-23-16-25)21-9-8-20(28-21)15-27-19-7-6-17-4-1-2-5-18(17)14-19/h1-2,4-9,11,13-14,16H,3,10,12,15H2,(H,24,26). The van der Waals surface area contributed by atoms with E-state index in [1.54, 1.807) is 24.7 Å². The Hall–Kier alpha value is -3.54. The van der Waals surface area contributed by atoms with Gasteiger partial charge in [0.25, 0.3) is 5.91 Å². The summed E-state index contributed by atoms with van der Waals surface area (Å²) in [5, 5.41) is 5.15. The molecule has 6 nitrogen and oxygen atoms in total. The monoisotopic (exact) mass is 375 g/mol. The lowest BCUT2D eigenvalue weighted by Crippen LogP contribution is -2.24. The van der Waals surface area contributed by atoms with E-state index in [-0.39, 0.29) is 12.5 Å². The molecule has 1 amide bonds. The van der Waals surface area contributed by atoms with Gasteiger partial charge in [-0.2, -0.15) is 0 Å². The van der Waals surface area contributed by atoms with Crippen molar-refractivity contribution in [3.8, 4) is 5.75 Å². The first-order valence-electron chi connectivity index (χ1n) is 9.22. The summed E-state index contributed by atoms with van der Waals surface area (Å²) in [6.07, 6.45) is 6.22. The number of imidazole rings is 1. The number of furan rings is 1. The van der Waals surface area contributed by atoms with Crippen molar-refractivity contribution in [3.05, 3.63) is 84.8 Å². The average molecular weight is 375 g/mol. The maximum atomic E-state index is 12.2. The predicted octanol–water partition coefficient (Wildman–Crippen LogP) is 4.03. The number of rotatable bonds is 8. The number of benzene rings is 2. The van der Waals surface area contributed by atoms with Crippen LogP contribution in [0.3, 0.4) is 0 Å². The molecule has 28 heavy (non-hydrogen) atoms. The van der Waals surface area contributed by atoms with Crippen molar-refractivity contribution in [1.82, 2.24) is 14.9 Å². The lowest BCUT2D eigenvalue weighted by Gasteiger charge is -2.06. The van der Waals surface area contributed by atoms with Crippen molar-refractivity contribution in [2.75, 3.05) is 6.54 Å². The molecule has 0 spiro atoms. The normalized spacial score (nSPS) is 10.9. The minimum absolute atomic E-state index is 0.220. The van der Waals surface area contributed by atoms with Gasteiger partial charge >= 0.3 is 0 Å². The highest BCUT2D eigenvalue weighted by atomic mass is 16.5. The van der Waals surface area contributed by atoms with Gasteiger partial charge in [-0.15, -0.1) is 0 Å². The van der Waals surface area contributed by atoms with Gasteiger partial charge in [-0.05, 0) is 41.5 Å². The van der Waals surface area contributed by atoms with E-state index >= 15 is 0 Å². The second-order valence-electron chi connectivity index (χ2n) is 6.47. The Morgan fingerprint density at radius 2 is 2.00 bits per heavy atom. The Morgan fingerprint density at radius 1 is 1.11 bits per heavy atom. The van der Waals surface area contributed by atoms with E-state index in [1.165, 1.54) is 5.39 Å². The summed E-state index contributed by atoms with van der Waals surface area (Å²) in [6, 6.07) is 17.5. The molecule has 1 N–H and O–H groups in total. The molecule has 0 atom stereocenters. The molecule has 4 rings (SSSR count). The Morgan fingerprint density at radius 3 is 2.86 bits per heavy atom. The SMILES string of the molecule is O=C(NCCCn1ccnc1)c1ccc(COc2ccc3ccccc3c2)o1. The van der Waals surface area contributed by atoms with E-state index in [0.717, 1.165) is 24.1 Å². The highest BCUT2D eigenvalue weighted by molar-refractivity contribution is 5.91. The van der Waals surface area contributed by atoms with E-state index < -0.39 is 0 Å². The van der Waals surface area contributed by atoms with Crippen LogP contribution in [0.1, 0.15) is 22.7 Å². The van der Waals surface area contributed by atoms with Crippen LogP contribution in [0.5, 0.6) is 5.75 Å². The van der Waals surface area contributed by atoms with Crippen LogP contribution in [0.15, 0.2) is 77.7 Å². The average Bonchev–Trinajstić information content (AvgIpc) is 3.41. The number of hydrogen-bond donors (Lipinski definition) is 1. The Kier molecular flexibility index (Phi) is 5.38. The van der Waals surface area contributed by atoms with Crippen molar-refractivity contribution < 1.29 is 13.9 Å². The number of aromatic nitrogens is 2. The summed E-state index contributed by atoms with van der Waals surface area (Å²) >= 11 is 0. The number of hydrogen-bond acceptors (Lipinski definition) is 4. The summed E-state index contributed by atoms with van der Waals surface area (Å²) in [6.45, 7) is 1.65. The Balaban J connectivity index is 1.26. The molecule has 2 aromatic heterocycles. The van der Waals surface area contributed by atoms with Gasteiger partial charge in [-0.3, -0.25) is 4.79 Å². The number of ether oxygens (including phenoxy) is 1. The summed E-state index contributed by atoms with van der Waals surface area (Å²) < 4.78 is 13.4. The van der Waals surface area contributed by atoms with Gasteiger partial charge in [-0.1, -0.05) is 30.3 Å². The molecular formula is C22H21N3O3. The topological polar surface area (TPSA) is 69.3 Å². The maximum Gasteiger partial charge on any atom is 0.286 e. The largest absolute Gasteiger partial charge is 0.486 e. The van der Waals surface area contributed by atoms with Crippen LogP contribution in [0.4, 0.5) is 0 Å². The quantitative estimate of drug-likeness (QED) is 0.472. The van der Waals surface area contributed by atoms with Crippen LogP contribution < -0.4 is 10.1 Å². The smallest absolute Gasteiger partial charge is 0.286 e. The summed E-state index contributed by atoms with van der Waals surface area (Å²) in [5.41, 5.74) is 0. The van der Waals surface area contributed by atoms with E-state index in [2.05, 4.69) is 16.4 Å². The molecule has 2 aromatic carbocycles. The number of nitrogens with zero attached hydrogens (tertiary/aromatic N) is 2. The lowest BCUT2D eigenvalue weighted by molar-refractivity contribution is 0.0921. The highest BCUT2D eigenvalue weighted by Crippen LogP contribution is 2.21. The number of fused-ring (bicyclic) bond motifs is 1. The van der Waals surface area contributed by atoms with Gasteiger partial charge in [0, 0.05) is 25.5 Å². The molecule has 0 saturated carbocycles. The lowest BCUT2D eigenvalue weighted by atomic mass is 10.1. The summed E-state index contributed by atoms with van der Waals surface area (Å²) in [7, 11) is 0. The van der Waals surface area contributed by atoms with Gasteiger partial charge in [0.1, 0.15) is 18.1 Å². The molecule has 2 heterocycles. The number of nitrogens with one attached hydrogen (secondary N) is 1. The molecule has 0 aliphatic rings. The fraction of sp³-hybridized carbons (Fsp3) is 0.182. The first-order valence-corrected chi connectivity index (χ1v) is 9.22. The second-order valence-corrected chi connectivity index (χ2v) is 6.47. The number of aryl methyl sites for hydroxylation is 1. The van der Waals surface area contributed by atoms with Crippen LogP contribution >= 0.6 is 0 Å². The van der Waals surface area contributed by atoms with Gasteiger partial charge in [0.2, 0.25) is 0 Å². The van der Waals surface area contributed by atoms with E-state index in [9.17, 15) is 4.79 Å². The maximum absolute atomic E-state index is 12.2. The zero-order valence-electron chi connectivity index (χ0n) is 15.4. The fourth-order valence-corrected chi connectivity index (χ4v) is 2.96. The van der Waals surface area contributed by atoms with E-state index in [0.29, 0.717) is 18.1 Å². The zero-order valence-corrected chi connectivity index (χ0v) is 15.4. The molecule has 0 aliphatic carbocycles. The molecule has 0 bridgehead atoms. The zero-order chi connectivity index (χ0) is 19.2. The molecule has 6 heteroatoms. The molecule has 0 fully saturated rings. The third-order valence-electron chi connectivity index (χ3n) is 4.43. The molecule has 0 saturated heterocycles. The van der Waals surface area contributed by atoms with Gasteiger partial charge in [0.05, 0.1) is 6.33 Å². The number of carbonyl (C=O) groups excluding carboxylic acids is 1. The van der Waals surface area contributed by atoms with Gasteiger partial charge < -0.3 is 19.0 Å². The second kappa shape index (κ2) is 8.43. The molecule has 0 aliphatic heterocycles. The van der Waals surface area contributed by atoms with Crippen LogP contribution in [0.2, 0.25) is 0 Å². The molecule has 4 aromatic rings. The first-order chi connectivity index (χ1) is 13.8. The van der Waals surface area contributed by atoms with Crippen molar-refractivity contribution in [3.63, 3.8) is 0 Å². The molecular weight excluding hydrogens is 354 g/mol. The Bertz CT molecular complexity index is 1050. The number of carbonyl (C=O) groups is 1. The van der Waals surface area contributed by atoms with E-state index in [1.807, 2.05) is 47.2 Å². The van der Waals surface area contributed by atoms with Crippen molar-refractivity contribution in [2.24, 2.45) is 0 Å². The molecule has 142 valence electrons. The van der Waals surface area contributed by atoms with Gasteiger partial charge in [-0.25, -0.2) is 4.98 Å². The minimum Gasteiger partial charge on any atom is -0.486 e.